The molecule has 3 heteroatoms. The quantitative estimate of drug-likeness (QED) is 0.917. The van der Waals surface area contributed by atoms with Crippen LogP contribution < -0.4 is 5.32 Å². The highest BCUT2D eigenvalue weighted by atomic mass is 16.5. The highest BCUT2D eigenvalue weighted by Gasteiger charge is 2.21. The Hall–Kier alpha value is -1.45. The molecule has 0 spiro atoms. The number of rotatable bonds is 3. The molecule has 3 rings (SSSR count). The fourth-order valence-corrected chi connectivity index (χ4v) is 2.66. The Kier molecular flexibility index (Phi) is 3.76. The molecular formula is C16H20N2O. The van der Waals surface area contributed by atoms with Crippen molar-refractivity contribution in [1.29, 1.82) is 0 Å². The largest absolute Gasteiger partial charge is 0.372 e. The van der Waals surface area contributed by atoms with Crippen LogP contribution in [0, 0.1) is 5.92 Å². The number of hydrogen-bond acceptors (Lipinski definition) is 3. The van der Waals surface area contributed by atoms with E-state index >= 15 is 0 Å². The standard InChI is InChI=1S/C16H20N2O/c1-12-6-8-17-10-16(12)19-11-13-7-9-18-15-5-3-2-4-14(13)15/h2-5,7,9,12,16-17H,6,8,10-11H2,1H3. The number of nitrogens with zero attached hydrogens (tertiary/aromatic N) is 1. The van der Waals surface area contributed by atoms with E-state index in [1.165, 1.54) is 17.4 Å². The Labute approximate surface area is 114 Å². The zero-order valence-corrected chi connectivity index (χ0v) is 11.3. The van der Waals surface area contributed by atoms with Gasteiger partial charge in [-0.05, 0) is 36.6 Å². The summed E-state index contributed by atoms with van der Waals surface area (Å²) in [7, 11) is 0. The number of para-hydroxylation sites is 1. The molecular weight excluding hydrogens is 236 g/mol. The number of piperidine rings is 1. The molecule has 0 aliphatic carbocycles. The molecule has 1 aromatic carbocycles. The van der Waals surface area contributed by atoms with Gasteiger partial charge < -0.3 is 10.1 Å². The van der Waals surface area contributed by atoms with Crippen LogP contribution in [-0.4, -0.2) is 24.2 Å². The molecule has 1 aliphatic heterocycles. The number of aromatic nitrogens is 1. The summed E-state index contributed by atoms with van der Waals surface area (Å²) in [6.07, 6.45) is 3.38. The minimum Gasteiger partial charge on any atom is -0.372 e. The average Bonchev–Trinajstić information content (AvgIpc) is 2.46. The number of benzene rings is 1. The van der Waals surface area contributed by atoms with Gasteiger partial charge in [-0.3, -0.25) is 4.98 Å². The van der Waals surface area contributed by atoms with Crippen LogP contribution in [0.3, 0.4) is 0 Å². The summed E-state index contributed by atoms with van der Waals surface area (Å²) >= 11 is 0. The van der Waals surface area contributed by atoms with Gasteiger partial charge in [0.05, 0.1) is 18.2 Å². The first kappa shape index (κ1) is 12.6. The van der Waals surface area contributed by atoms with Gasteiger partial charge >= 0.3 is 0 Å². The minimum absolute atomic E-state index is 0.320. The lowest BCUT2D eigenvalue weighted by molar-refractivity contribution is -0.00612. The molecule has 0 amide bonds. The molecule has 1 N–H and O–H groups in total. The third-order valence-electron chi connectivity index (χ3n) is 3.95. The van der Waals surface area contributed by atoms with Gasteiger partial charge in [0.25, 0.3) is 0 Å². The van der Waals surface area contributed by atoms with Crippen LogP contribution in [-0.2, 0) is 11.3 Å². The first-order chi connectivity index (χ1) is 9.34. The Morgan fingerprint density at radius 1 is 1.32 bits per heavy atom. The molecule has 1 aliphatic rings. The van der Waals surface area contributed by atoms with Crippen LogP contribution in [0.5, 0.6) is 0 Å². The van der Waals surface area contributed by atoms with E-state index < -0.39 is 0 Å². The molecule has 1 aromatic heterocycles. The second-order valence-electron chi connectivity index (χ2n) is 5.31. The van der Waals surface area contributed by atoms with Gasteiger partial charge in [0, 0.05) is 18.1 Å². The van der Waals surface area contributed by atoms with E-state index in [9.17, 15) is 0 Å². The molecule has 1 fully saturated rings. The van der Waals surface area contributed by atoms with Crippen LogP contribution >= 0.6 is 0 Å². The van der Waals surface area contributed by atoms with Crippen molar-refractivity contribution in [2.75, 3.05) is 13.1 Å². The minimum atomic E-state index is 0.320. The van der Waals surface area contributed by atoms with Crippen molar-refractivity contribution < 1.29 is 4.74 Å². The highest BCUT2D eigenvalue weighted by Crippen LogP contribution is 2.20. The number of pyridine rings is 1. The maximum atomic E-state index is 6.10. The van der Waals surface area contributed by atoms with Crippen LogP contribution in [0.1, 0.15) is 18.9 Å². The summed E-state index contributed by atoms with van der Waals surface area (Å²) in [4.78, 5) is 4.38. The predicted molar refractivity (Wildman–Crippen MR) is 77.0 cm³/mol. The third kappa shape index (κ3) is 2.77. The lowest BCUT2D eigenvalue weighted by Crippen LogP contribution is -2.40. The fraction of sp³-hybridized carbons (Fsp3) is 0.438. The van der Waals surface area contributed by atoms with Gasteiger partial charge in [0.15, 0.2) is 0 Å². The monoisotopic (exact) mass is 256 g/mol. The van der Waals surface area contributed by atoms with Crippen molar-refractivity contribution >= 4 is 10.9 Å². The second kappa shape index (κ2) is 5.68. The molecule has 2 aromatic rings. The topological polar surface area (TPSA) is 34.1 Å². The Morgan fingerprint density at radius 2 is 2.21 bits per heavy atom. The summed E-state index contributed by atoms with van der Waals surface area (Å²) in [6.45, 7) is 5.01. The van der Waals surface area contributed by atoms with E-state index in [2.05, 4.69) is 35.4 Å². The number of nitrogens with one attached hydrogen (secondary N) is 1. The third-order valence-corrected chi connectivity index (χ3v) is 3.95. The Balaban J connectivity index is 1.74. The van der Waals surface area contributed by atoms with E-state index in [1.54, 1.807) is 0 Å². The first-order valence-electron chi connectivity index (χ1n) is 6.99. The Bertz CT molecular complexity index is 550. The maximum absolute atomic E-state index is 6.10. The SMILES string of the molecule is CC1CCNCC1OCc1ccnc2ccccc12. The maximum Gasteiger partial charge on any atom is 0.0729 e. The van der Waals surface area contributed by atoms with Crippen molar-refractivity contribution in [2.24, 2.45) is 5.92 Å². The molecule has 0 bridgehead atoms. The van der Waals surface area contributed by atoms with E-state index in [-0.39, 0.29) is 0 Å². The first-order valence-corrected chi connectivity index (χ1v) is 6.99. The average molecular weight is 256 g/mol. The van der Waals surface area contributed by atoms with E-state index in [4.69, 9.17) is 4.74 Å². The molecule has 100 valence electrons. The predicted octanol–water partition coefficient (Wildman–Crippen LogP) is 2.75. The summed E-state index contributed by atoms with van der Waals surface area (Å²) in [6, 6.07) is 10.3. The molecule has 3 nitrogen and oxygen atoms in total. The lowest BCUT2D eigenvalue weighted by atomic mass is 9.97. The van der Waals surface area contributed by atoms with Crippen LogP contribution in [0.4, 0.5) is 0 Å². The summed E-state index contributed by atoms with van der Waals surface area (Å²) in [5.74, 6) is 0.634. The van der Waals surface area contributed by atoms with E-state index in [0.29, 0.717) is 18.6 Å². The molecule has 2 heterocycles. The molecule has 2 unspecified atom stereocenters. The second-order valence-corrected chi connectivity index (χ2v) is 5.31. The smallest absolute Gasteiger partial charge is 0.0729 e. The number of ether oxygens (including phenoxy) is 1. The normalized spacial score (nSPS) is 23.6. The van der Waals surface area contributed by atoms with Gasteiger partial charge in [-0.1, -0.05) is 25.1 Å². The van der Waals surface area contributed by atoms with E-state index in [0.717, 1.165) is 18.6 Å². The van der Waals surface area contributed by atoms with Gasteiger partial charge in [0.1, 0.15) is 0 Å². The van der Waals surface area contributed by atoms with Crippen molar-refractivity contribution in [1.82, 2.24) is 10.3 Å². The van der Waals surface area contributed by atoms with Gasteiger partial charge in [-0.15, -0.1) is 0 Å². The fourth-order valence-electron chi connectivity index (χ4n) is 2.66. The zero-order valence-electron chi connectivity index (χ0n) is 11.3. The summed E-state index contributed by atoms with van der Waals surface area (Å²) < 4.78 is 6.10. The van der Waals surface area contributed by atoms with E-state index in [1.807, 2.05) is 18.3 Å². The Morgan fingerprint density at radius 3 is 3.11 bits per heavy atom. The van der Waals surface area contributed by atoms with Crippen molar-refractivity contribution in [3.05, 3.63) is 42.1 Å². The molecule has 0 saturated carbocycles. The van der Waals surface area contributed by atoms with Crippen molar-refractivity contribution in [3.63, 3.8) is 0 Å². The summed E-state index contributed by atoms with van der Waals surface area (Å²) in [5, 5.41) is 4.60. The molecule has 19 heavy (non-hydrogen) atoms. The lowest BCUT2D eigenvalue weighted by Gasteiger charge is -2.29. The zero-order chi connectivity index (χ0) is 13.1. The highest BCUT2D eigenvalue weighted by molar-refractivity contribution is 5.81. The molecule has 1 saturated heterocycles. The number of fused-ring (bicyclic) bond motifs is 1. The van der Waals surface area contributed by atoms with Gasteiger partial charge in [-0.25, -0.2) is 0 Å². The van der Waals surface area contributed by atoms with Gasteiger partial charge in [0.2, 0.25) is 0 Å². The van der Waals surface area contributed by atoms with Crippen LogP contribution in [0.15, 0.2) is 36.5 Å². The molecule has 0 radical (unpaired) electrons. The van der Waals surface area contributed by atoms with Crippen molar-refractivity contribution in [2.45, 2.75) is 26.1 Å². The van der Waals surface area contributed by atoms with Gasteiger partial charge in [-0.2, -0.15) is 0 Å². The van der Waals surface area contributed by atoms with Crippen LogP contribution in [0.25, 0.3) is 10.9 Å². The van der Waals surface area contributed by atoms with Crippen molar-refractivity contribution in [3.8, 4) is 0 Å². The molecule has 2 atom stereocenters. The van der Waals surface area contributed by atoms with Crippen LogP contribution in [0.2, 0.25) is 0 Å². The number of hydrogen-bond donors (Lipinski definition) is 1. The summed E-state index contributed by atoms with van der Waals surface area (Å²) in [5.41, 5.74) is 2.27.